The molecule has 0 aliphatic carbocycles. The second kappa shape index (κ2) is 1.67. The first kappa shape index (κ1) is 5.61. The van der Waals surface area contributed by atoms with Gasteiger partial charge < -0.3 is 19.7 Å². The van der Waals surface area contributed by atoms with E-state index in [0.29, 0.717) is 6.61 Å². The van der Waals surface area contributed by atoms with E-state index in [-0.39, 0.29) is 6.10 Å². The Morgan fingerprint density at radius 3 is 2.33 bits per heavy atom. The molecule has 2 aliphatic rings. The largest absolute Gasteiger partial charge is 0.387 e. The van der Waals surface area contributed by atoms with Gasteiger partial charge in [0.1, 0.15) is 18.3 Å². The highest BCUT2D eigenvalue weighted by atomic mass is 16.7. The van der Waals surface area contributed by atoms with Gasteiger partial charge in [0.15, 0.2) is 6.29 Å². The summed E-state index contributed by atoms with van der Waals surface area (Å²) < 4.78 is 9.88. The number of hydrogen-bond acceptors (Lipinski definition) is 4. The van der Waals surface area contributed by atoms with Crippen LogP contribution in [0, 0.1) is 0 Å². The van der Waals surface area contributed by atoms with E-state index >= 15 is 0 Å². The molecule has 4 heteroatoms. The molecular weight excluding hydrogens is 124 g/mol. The van der Waals surface area contributed by atoms with Crippen molar-refractivity contribution in [1.82, 2.24) is 0 Å². The maximum atomic E-state index is 9.03. The van der Waals surface area contributed by atoms with Gasteiger partial charge in [0.25, 0.3) is 0 Å². The van der Waals surface area contributed by atoms with Gasteiger partial charge in [-0.25, -0.2) is 0 Å². The third kappa shape index (κ3) is 0.616. The first-order valence-electron chi connectivity index (χ1n) is 2.92. The molecule has 0 aromatic carbocycles. The van der Waals surface area contributed by atoms with Gasteiger partial charge in [-0.1, -0.05) is 0 Å². The van der Waals surface area contributed by atoms with Crippen molar-refractivity contribution in [1.29, 1.82) is 0 Å². The molecule has 2 N–H and O–H groups in total. The second-order valence-electron chi connectivity index (χ2n) is 2.36. The van der Waals surface area contributed by atoms with Crippen LogP contribution in [-0.4, -0.2) is 41.4 Å². The summed E-state index contributed by atoms with van der Waals surface area (Å²) in [5, 5.41) is 18.0. The molecule has 2 saturated heterocycles. The highest BCUT2D eigenvalue weighted by Gasteiger charge is 2.48. The molecule has 0 spiro atoms. The van der Waals surface area contributed by atoms with Crippen molar-refractivity contribution >= 4 is 0 Å². The van der Waals surface area contributed by atoms with Crippen LogP contribution in [0.3, 0.4) is 0 Å². The Hall–Kier alpha value is -0.160. The summed E-state index contributed by atoms with van der Waals surface area (Å²) >= 11 is 0. The Labute approximate surface area is 52.0 Å². The lowest BCUT2D eigenvalue weighted by Gasteiger charge is -2.17. The van der Waals surface area contributed by atoms with E-state index in [0.717, 1.165) is 0 Å². The Morgan fingerprint density at radius 1 is 1.22 bits per heavy atom. The molecule has 0 radical (unpaired) electrons. The van der Waals surface area contributed by atoms with Crippen LogP contribution in [0.15, 0.2) is 0 Å². The minimum Gasteiger partial charge on any atom is -0.387 e. The average Bonchev–Trinajstić information content (AvgIpc) is 2.37. The van der Waals surface area contributed by atoms with E-state index < -0.39 is 18.5 Å². The van der Waals surface area contributed by atoms with Gasteiger partial charge in [0, 0.05) is 0 Å². The van der Waals surface area contributed by atoms with Crippen LogP contribution in [0.25, 0.3) is 0 Å². The fourth-order valence-electron chi connectivity index (χ4n) is 1.18. The predicted molar refractivity (Wildman–Crippen MR) is 26.6 cm³/mol. The zero-order valence-electron chi connectivity index (χ0n) is 4.73. The summed E-state index contributed by atoms with van der Waals surface area (Å²) in [6, 6.07) is 0. The zero-order chi connectivity index (χ0) is 6.43. The highest BCUT2D eigenvalue weighted by molar-refractivity contribution is 4.90. The van der Waals surface area contributed by atoms with Crippen LogP contribution < -0.4 is 0 Å². The summed E-state index contributed by atoms with van der Waals surface area (Å²) in [5.74, 6) is 0. The second-order valence-corrected chi connectivity index (χ2v) is 2.36. The van der Waals surface area contributed by atoms with Crippen LogP contribution in [-0.2, 0) is 9.47 Å². The third-order valence-electron chi connectivity index (χ3n) is 1.74. The third-order valence-corrected chi connectivity index (χ3v) is 1.74. The number of ether oxygens (including phenoxy) is 2. The van der Waals surface area contributed by atoms with Crippen molar-refractivity contribution in [3.8, 4) is 0 Å². The number of aliphatic hydroxyl groups is 2. The molecule has 0 saturated carbocycles. The summed E-state index contributed by atoms with van der Waals surface area (Å²) in [5.41, 5.74) is 0. The van der Waals surface area contributed by atoms with Crippen molar-refractivity contribution in [3.63, 3.8) is 0 Å². The number of hydrogen-bond donors (Lipinski definition) is 2. The molecule has 2 aliphatic heterocycles. The van der Waals surface area contributed by atoms with Crippen molar-refractivity contribution in [2.24, 2.45) is 0 Å². The van der Waals surface area contributed by atoms with Crippen LogP contribution in [0.5, 0.6) is 0 Å². The normalized spacial score (nSPS) is 56.7. The van der Waals surface area contributed by atoms with Crippen molar-refractivity contribution in [2.75, 3.05) is 6.61 Å². The maximum Gasteiger partial charge on any atom is 0.186 e. The fraction of sp³-hybridized carbons (Fsp3) is 1.00. The molecule has 4 nitrogen and oxygen atoms in total. The highest BCUT2D eigenvalue weighted by Crippen LogP contribution is 2.28. The zero-order valence-corrected chi connectivity index (χ0v) is 4.73. The molecule has 2 rings (SSSR count). The lowest BCUT2D eigenvalue weighted by atomic mass is 10.1. The Morgan fingerprint density at radius 2 is 2.00 bits per heavy atom. The van der Waals surface area contributed by atoms with Gasteiger partial charge in [0.05, 0.1) is 6.61 Å². The van der Waals surface area contributed by atoms with Gasteiger partial charge in [-0.2, -0.15) is 0 Å². The Kier molecular flexibility index (Phi) is 1.04. The topological polar surface area (TPSA) is 58.9 Å². The van der Waals surface area contributed by atoms with Gasteiger partial charge in [-0.3, -0.25) is 0 Å². The van der Waals surface area contributed by atoms with Gasteiger partial charge >= 0.3 is 0 Å². The average molecular weight is 132 g/mol. The van der Waals surface area contributed by atoms with Crippen LogP contribution in [0.4, 0.5) is 0 Å². The van der Waals surface area contributed by atoms with Crippen LogP contribution in [0.1, 0.15) is 0 Å². The summed E-state index contributed by atoms with van der Waals surface area (Å²) in [6.45, 7) is 0.406. The van der Waals surface area contributed by atoms with Crippen molar-refractivity contribution < 1.29 is 19.7 Å². The molecule has 0 unspecified atom stereocenters. The van der Waals surface area contributed by atoms with E-state index in [1.54, 1.807) is 0 Å². The minimum atomic E-state index is -0.844. The first-order valence-corrected chi connectivity index (χ1v) is 2.92. The van der Waals surface area contributed by atoms with Gasteiger partial charge in [-0.05, 0) is 0 Å². The molecule has 2 heterocycles. The number of fused-ring (bicyclic) bond motifs is 2. The van der Waals surface area contributed by atoms with Gasteiger partial charge in [0.2, 0.25) is 0 Å². The van der Waals surface area contributed by atoms with E-state index in [2.05, 4.69) is 0 Å². The van der Waals surface area contributed by atoms with E-state index in [1.807, 2.05) is 0 Å². The molecule has 2 fully saturated rings. The smallest absolute Gasteiger partial charge is 0.186 e. The SMILES string of the molecule is O[C@@H]1[C@@H](O)[C@H]2OC[C@@H]1O2. The van der Waals surface area contributed by atoms with Crippen LogP contribution >= 0.6 is 0 Å². The monoisotopic (exact) mass is 132 g/mol. The predicted octanol–water partition coefficient (Wildman–Crippen LogP) is -1.54. The molecule has 0 aromatic rings. The summed E-state index contributed by atoms with van der Waals surface area (Å²) in [7, 11) is 0. The molecule has 4 atom stereocenters. The first-order chi connectivity index (χ1) is 4.29. The van der Waals surface area contributed by atoms with Crippen molar-refractivity contribution in [3.05, 3.63) is 0 Å². The minimum absolute atomic E-state index is 0.301. The lowest BCUT2D eigenvalue weighted by Crippen LogP contribution is -2.39. The fourth-order valence-corrected chi connectivity index (χ4v) is 1.18. The van der Waals surface area contributed by atoms with E-state index in [4.69, 9.17) is 19.7 Å². The molecule has 0 amide bonds. The summed E-state index contributed by atoms with van der Waals surface area (Å²) in [6.07, 6.45) is -2.47. The number of rotatable bonds is 0. The molecule has 2 bridgehead atoms. The lowest BCUT2D eigenvalue weighted by molar-refractivity contribution is -0.111. The summed E-state index contributed by atoms with van der Waals surface area (Å²) in [4.78, 5) is 0. The molecular formula is C5H8O4. The standard InChI is InChI=1S/C5H8O4/c6-3-2-1-8-5(9-2)4(3)7/h2-7H,1H2/t2-,3-,4+,5-/m0/s1. The molecule has 0 aromatic heterocycles. The number of aliphatic hydroxyl groups excluding tert-OH is 2. The van der Waals surface area contributed by atoms with Crippen molar-refractivity contribution in [2.45, 2.75) is 24.6 Å². The quantitative estimate of drug-likeness (QED) is 0.419. The molecule has 9 heavy (non-hydrogen) atoms. The van der Waals surface area contributed by atoms with E-state index in [1.165, 1.54) is 0 Å². The Balaban J connectivity index is 2.15. The Bertz CT molecular complexity index is 108. The van der Waals surface area contributed by atoms with E-state index in [9.17, 15) is 0 Å². The maximum absolute atomic E-state index is 9.03. The van der Waals surface area contributed by atoms with Gasteiger partial charge in [-0.15, -0.1) is 0 Å². The van der Waals surface area contributed by atoms with Crippen LogP contribution in [0.2, 0.25) is 0 Å². The molecule has 52 valence electrons.